The van der Waals surface area contributed by atoms with Crippen LogP contribution in [0, 0.1) is 11.8 Å². The van der Waals surface area contributed by atoms with Gasteiger partial charge in [-0.25, -0.2) is 0 Å². The molecule has 0 spiro atoms. The highest BCUT2D eigenvalue weighted by Gasteiger charge is 2.40. The molecule has 0 aromatic rings. The lowest BCUT2D eigenvalue weighted by atomic mass is 9.86. The minimum Gasteiger partial charge on any atom is -0.463 e. The van der Waals surface area contributed by atoms with Crippen molar-refractivity contribution in [1.29, 1.82) is 0 Å². The third-order valence-corrected chi connectivity index (χ3v) is 6.33. The summed E-state index contributed by atoms with van der Waals surface area (Å²) in [5.41, 5.74) is 0. The van der Waals surface area contributed by atoms with E-state index in [1.165, 1.54) is 19.3 Å². The Kier molecular flexibility index (Phi) is 15.2. The van der Waals surface area contributed by atoms with Crippen molar-refractivity contribution in [1.82, 2.24) is 0 Å². The Balaban J connectivity index is 2.24. The number of unbranched alkanes of at least 4 members (excludes halogenated alkanes) is 7. The normalized spacial score (nSPS) is 21.0. The van der Waals surface area contributed by atoms with E-state index in [2.05, 4.69) is 19.1 Å². The van der Waals surface area contributed by atoms with Gasteiger partial charge in [0.05, 0.1) is 12.2 Å². The average Bonchev–Trinajstić information content (AvgIpc) is 3.00. The highest BCUT2D eigenvalue weighted by molar-refractivity contribution is 5.84. The lowest BCUT2D eigenvalue weighted by Crippen LogP contribution is -2.21. The summed E-state index contributed by atoms with van der Waals surface area (Å²) in [6, 6.07) is 0. The second-order valence-electron chi connectivity index (χ2n) is 9.59. The number of carbonyl (C=O) groups excluding carboxylic acids is 3. The van der Waals surface area contributed by atoms with E-state index in [4.69, 9.17) is 4.74 Å². The van der Waals surface area contributed by atoms with Gasteiger partial charge >= 0.3 is 5.97 Å². The van der Waals surface area contributed by atoms with Crippen molar-refractivity contribution in [2.24, 2.45) is 11.8 Å². The van der Waals surface area contributed by atoms with E-state index in [0.717, 1.165) is 38.5 Å². The van der Waals surface area contributed by atoms with Crippen molar-refractivity contribution in [2.75, 3.05) is 0 Å². The monoisotopic (exact) mass is 450 g/mol. The molecule has 1 fully saturated rings. The number of ether oxygens (including phenoxy) is 1. The van der Waals surface area contributed by atoms with Gasteiger partial charge < -0.3 is 9.84 Å². The first-order chi connectivity index (χ1) is 15.3. The fraction of sp³-hybridized carbons (Fsp3) is 0.815. The number of aliphatic hydroxyl groups is 1. The van der Waals surface area contributed by atoms with Crippen LogP contribution in [0.5, 0.6) is 0 Å². The summed E-state index contributed by atoms with van der Waals surface area (Å²) in [5, 5.41) is 10.3. The average molecular weight is 451 g/mol. The van der Waals surface area contributed by atoms with Crippen LogP contribution in [0.3, 0.4) is 0 Å². The molecule has 5 heteroatoms. The Bertz CT molecular complexity index is 581. The molecule has 1 N–H and O–H groups in total. The maximum Gasteiger partial charge on any atom is 0.306 e. The number of rotatable bonds is 18. The van der Waals surface area contributed by atoms with E-state index in [0.29, 0.717) is 32.1 Å². The van der Waals surface area contributed by atoms with Crippen LogP contribution in [0.4, 0.5) is 0 Å². The van der Waals surface area contributed by atoms with Gasteiger partial charge in [0.25, 0.3) is 0 Å². The number of allylic oxidation sites excluding steroid dienone is 2. The smallest absolute Gasteiger partial charge is 0.306 e. The fourth-order valence-corrected chi connectivity index (χ4v) is 4.48. The molecule has 0 aliphatic heterocycles. The minimum atomic E-state index is -0.608. The van der Waals surface area contributed by atoms with Crippen molar-refractivity contribution in [3.63, 3.8) is 0 Å². The largest absolute Gasteiger partial charge is 0.463 e. The second kappa shape index (κ2) is 17.0. The van der Waals surface area contributed by atoms with Gasteiger partial charge in [-0.3, -0.25) is 14.4 Å². The molecule has 1 rings (SSSR count). The molecule has 1 aliphatic carbocycles. The van der Waals surface area contributed by atoms with Crippen LogP contribution in [-0.2, 0) is 19.1 Å². The minimum absolute atomic E-state index is 0.0558. The molecule has 1 aliphatic rings. The summed E-state index contributed by atoms with van der Waals surface area (Å²) in [6.45, 7) is 5.89. The van der Waals surface area contributed by atoms with E-state index in [9.17, 15) is 19.5 Å². The standard InChI is InChI=1S/C27H46O5/c1-4-5-6-9-12-15-22(28)18-19-24-23(25(29)20-26(24)30)16-13-10-7-8-11-14-17-27(31)32-21(2)3/h10,13,21,23-24,26,30H,4-9,11-12,14-20H2,1-3H3/t23?,24-,26?/m1/s1. The third kappa shape index (κ3) is 12.5. The molecule has 0 aromatic heterocycles. The summed E-state index contributed by atoms with van der Waals surface area (Å²) < 4.78 is 5.12. The summed E-state index contributed by atoms with van der Waals surface area (Å²) in [6.07, 6.45) is 16.0. The Morgan fingerprint density at radius 2 is 1.69 bits per heavy atom. The first kappa shape index (κ1) is 28.5. The highest BCUT2D eigenvalue weighted by atomic mass is 16.5. The van der Waals surface area contributed by atoms with Crippen molar-refractivity contribution in [3.05, 3.63) is 12.2 Å². The zero-order chi connectivity index (χ0) is 23.8. The first-order valence-electron chi connectivity index (χ1n) is 12.9. The number of carbonyl (C=O) groups is 3. The van der Waals surface area contributed by atoms with E-state index in [1.807, 2.05) is 13.8 Å². The van der Waals surface area contributed by atoms with Gasteiger partial charge in [-0.05, 0) is 58.3 Å². The maximum atomic E-state index is 12.3. The van der Waals surface area contributed by atoms with Crippen LogP contribution in [0.25, 0.3) is 0 Å². The highest BCUT2D eigenvalue weighted by Crippen LogP contribution is 2.35. The lowest BCUT2D eigenvalue weighted by molar-refractivity contribution is -0.147. The van der Waals surface area contributed by atoms with Crippen LogP contribution in [0.2, 0.25) is 0 Å². The molecular formula is C27H46O5. The molecule has 0 radical (unpaired) electrons. The van der Waals surface area contributed by atoms with E-state index in [1.54, 1.807) is 0 Å². The fourth-order valence-electron chi connectivity index (χ4n) is 4.48. The number of esters is 1. The van der Waals surface area contributed by atoms with Crippen molar-refractivity contribution >= 4 is 17.5 Å². The topological polar surface area (TPSA) is 80.7 Å². The van der Waals surface area contributed by atoms with Crippen LogP contribution < -0.4 is 0 Å². The summed E-state index contributed by atoms with van der Waals surface area (Å²) in [7, 11) is 0. The molecule has 0 saturated heterocycles. The summed E-state index contributed by atoms with van der Waals surface area (Å²) in [5.74, 6) is 0.00451. The Labute approximate surface area is 195 Å². The lowest BCUT2D eigenvalue weighted by Gasteiger charge is -2.19. The van der Waals surface area contributed by atoms with Gasteiger partial charge in [0.1, 0.15) is 11.6 Å². The quantitative estimate of drug-likeness (QED) is 0.155. The van der Waals surface area contributed by atoms with Gasteiger partial charge in [0.15, 0.2) is 0 Å². The number of Topliss-reactive ketones (excluding diaryl/α,β-unsaturated/α-hetero) is 2. The number of hydrogen-bond donors (Lipinski definition) is 1. The summed E-state index contributed by atoms with van der Waals surface area (Å²) >= 11 is 0. The Morgan fingerprint density at radius 3 is 2.41 bits per heavy atom. The van der Waals surface area contributed by atoms with Crippen molar-refractivity contribution in [2.45, 2.75) is 129 Å². The maximum absolute atomic E-state index is 12.3. The predicted molar refractivity (Wildman–Crippen MR) is 128 cm³/mol. The Morgan fingerprint density at radius 1 is 1.00 bits per heavy atom. The molecule has 0 amide bonds. The van der Waals surface area contributed by atoms with Crippen LogP contribution in [-0.4, -0.2) is 34.9 Å². The molecule has 5 nitrogen and oxygen atoms in total. The SMILES string of the molecule is CCCCCCCC(=O)CC[C@H]1C(O)CC(=O)C1CC=CCCCCCC(=O)OC(C)C. The molecule has 184 valence electrons. The van der Waals surface area contributed by atoms with Gasteiger partial charge in [0.2, 0.25) is 0 Å². The first-order valence-corrected chi connectivity index (χ1v) is 12.9. The number of ketones is 2. The molecule has 3 atom stereocenters. The predicted octanol–water partition coefficient (Wildman–Crippen LogP) is 6.11. The van der Waals surface area contributed by atoms with Crippen LogP contribution >= 0.6 is 0 Å². The molecular weight excluding hydrogens is 404 g/mol. The van der Waals surface area contributed by atoms with Crippen LogP contribution in [0.15, 0.2) is 12.2 Å². The van der Waals surface area contributed by atoms with E-state index in [-0.39, 0.29) is 41.9 Å². The second-order valence-corrected chi connectivity index (χ2v) is 9.59. The zero-order valence-corrected chi connectivity index (χ0v) is 20.7. The Hall–Kier alpha value is -1.49. The molecule has 2 unspecified atom stereocenters. The molecule has 1 saturated carbocycles. The molecule has 32 heavy (non-hydrogen) atoms. The summed E-state index contributed by atoms with van der Waals surface area (Å²) in [4.78, 5) is 36.0. The van der Waals surface area contributed by atoms with Gasteiger partial charge in [0, 0.05) is 31.6 Å². The van der Waals surface area contributed by atoms with E-state index >= 15 is 0 Å². The van der Waals surface area contributed by atoms with Crippen molar-refractivity contribution < 1.29 is 24.2 Å². The van der Waals surface area contributed by atoms with Gasteiger partial charge in [-0.1, -0.05) is 51.2 Å². The molecule has 0 heterocycles. The van der Waals surface area contributed by atoms with Crippen LogP contribution in [0.1, 0.15) is 117 Å². The molecule has 0 bridgehead atoms. The zero-order valence-electron chi connectivity index (χ0n) is 20.7. The van der Waals surface area contributed by atoms with Gasteiger partial charge in [-0.2, -0.15) is 0 Å². The number of hydrogen-bond acceptors (Lipinski definition) is 5. The molecule has 0 aromatic carbocycles. The van der Waals surface area contributed by atoms with Gasteiger partial charge in [-0.15, -0.1) is 0 Å². The number of aliphatic hydroxyl groups excluding tert-OH is 1. The van der Waals surface area contributed by atoms with E-state index < -0.39 is 6.10 Å². The third-order valence-electron chi connectivity index (χ3n) is 6.33. The van der Waals surface area contributed by atoms with Crippen molar-refractivity contribution in [3.8, 4) is 0 Å².